The number of aromatic nitrogens is 4. The van der Waals surface area contributed by atoms with Crippen molar-refractivity contribution >= 4 is 11.5 Å². The summed E-state index contributed by atoms with van der Waals surface area (Å²) in [6, 6.07) is 1.78. The fourth-order valence-electron chi connectivity index (χ4n) is 0.774. The zero-order valence-electron chi connectivity index (χ0n) is 6.34. The molecule has 2 heterocycles. The van der Waals surface area contributed by atoms with Crippen molar-refractivity contribution in [3.63, 3.8) is 0 Å². The van der Waals surface area contributed by atoms with Gasteiger partial charge in [-0.1, -0.05) is 0 Å². The maximum Gasteiger partial charge on any atom is 0.195 e. The molecular formula is C6H6N4OS. The molecule has 0 aliphatic rings. The fourth-order valence-corrected chi connectivity index (χ4v) is 1.32. The first-order valence-corrected chi connectivity index (χ1v) is 4.05. The quantitative estimate of drug-likeness (QED) is 0.687. The van der Waals surface area contributed by atoms with E-state index in [-0.39, 0.29) is 0 Å². The van der Waals surface area contributed by atoms with Gasteiger partial charge in [0, 0.05) is 17.6 Å². The maximum atomic E-state index is 4.98. The van der Waals surface area contributed by atoms with Crippen molar-refractivity contribution in [2.24, 2.45) is 0 Å². The molecule has 12 heavy (non-hydrogen) atoms. The molecule has 0 amide bonds. The second kappa shape index (κ2) is 2.90. The minimum atomic E-state index is 0.682. The molecule has 5 nitrogen and oxygen atoms in total. The molecule has 0 saturated heterocycles. The fraction of sp³-hybridized carbons (Fsp3) is 0.167. The zero-order chi connectivity index (χ0) is 8.39. The first kappa shape index (κ1) is 7.23. The SMILES string of the molecule is COc1cc(-n2nccn2)ns1. The van der Waals surface area contributed by atoms with E-state index < -0.39 is 0 Å². The van der Waals surface area contributed by atoms with Crippen LogP contribution in [0.1, 0.15) is 0 Å². The van der Waals surface area contributed by atoms with E-state index in [1.54, 1.807) is 25.6 Å². The van der Waals surface area contributed by atoms with Gasteiger partial charge < -0.3 is 4.74 Å². The second-order valence-electron chi connectivity index (χ2n) is 2.03. The molecule has 6 heteroatoms. The summed E-state index contributed by atoms with van der Waals surface area (Å²) < 4.78 is 9.06. The average Bonchev–Trinajstić information content (AvgIpc) is 2.75. The highest BCUT2D eigenvalue weighted by atomic mass is 32.1. The first-order chi connectivity index (χ1) is 5.90. The van der Waals surface area contributed by atoms with Crippen LogP contribution < -0.4 is 4.74 Å². The Balaban J connectivity index is 2.35. The molecule has 0 fully saturated rings. The van der Waals surface area contributed by atoms with Gasteiger partial charge in [-0.3, -0.25) is 0 Å². The van der Waals surface area contributed by atoms with E-state index in [1.807, 2.05) is 0 Å². The lowest BCUT2D eigenvalue weighted by atomic mass is 10.6. The molecule has 2 rings (SSSR count). The maximum absolute atomic E-state index is 4.98. The minimum absolute atomic E-state index is 0.682. The molecule has 2 aromatic heterocycles. The average molecular weight is 182 g/mol. The molecule has 0 aromatic carbocycles. The summed E-state index contributed by atoms with van der Waals surface area (Å²) >= 11 is 1.27. The third kappa shape index (κ3) is 1.16. The highest BCUT2D eigenvalue weighted by Crippen LogP contribution is 2.19. The molecule has 0 spiro atoms. The topological polar surface area (TPSA) is 52.8 Å². The van der Waals surface area contributed by atoms with E-state index in [0.29, 0.717) is 5.82 Å². The molecule has 0 atom stereocenters. The Morgan fingerprint density at radius 3 is 2.75 bits per heavy atom. The van der Waals surface area contributed by atoms with Crippen LogP contribution in [0, 0.1) is 0 Å². The van der Waals surface area contributed by atoms with Crippen molar-refractivity contribution in [2.75, 3.05) is 7.11 Å². The Hall–Kier alpha value is -1.43. The predicted molar refractivity (Wildman–Crippen MR) is 43.6 cm³/mol. The summed E-state index contributed by atoms with van der Waals surface area (Å²) in [5.74, 6) is 0.682. The van der Waals surface area contributed by atoms with Gasteiger partial charge in [0.05, 0.1) is 19.5 Å². The van der Waals surface area contributed by atoms with Crippen molar-refractivity contribution in [3.05, 3.63) is 18.5 Å². The van der Waals surface area contributed by atoms with E-state index in [0.717, 1.165) is 5.06 Å². The second-order valence-corrected chi connectivity index (χ2v) is 2.79. The molecule has 0 aliphatic heterocycles. The molecule has 2 aromatic rings. The van der Waals surface area contributed by atoms with Crippen LogP contribution in [0.25, 0.3) is 5.82 Å². The molecule has 62 valence electrons. The summed E-state index contributed by atoms with van der Waals surface area (Å²) in [5.41, 5.74) is 0. The van der Waals surface area contributed by atoms with Gasteiger partial charge in [0.2, 0.25) is 0 Å². The van der Waals surface area contributed by atoms with E-state index in [4.69, 9.17) is 4.74 Å². The van der Waals surface area contributed by atoms with Gasteiger partial charge in [0.15, 0.2) is 10.9 Å². The Morgan fingerprint density at radius 1 is 1.42 bits per heavy atom. The van der Waals surface area contributed by atoms with Crippen molar-refractivity contribution < 1.29 is 4.74 Å². The molecule has 0 saturated carbocycles. The number of methoxy groups -OCH3 is 1. The van der Waals surface area contributed by atoms with Crippen LogP contribution in [0.15, 0.2) is 18.5 Å². The van der Waals surface area contributed by atoms with Gasteiger partial charge in [-0.05, 0) is 0 Å². The van der Waals surface area contributed by atoms with Crippen LogP contribution in [-0.2, 0) is 0 Å². The monoisotopic (exact) mass is 182 g/mol. The van der Waals surface area contributed by atoms with Crippen molar-refractivity contribution in [2.45, 2.75) is 0 Å². The molecule has 0 N–H and O–H groups in total. The predicted octanol–water partition coefficient (Wildman–Crippen LogP) is 0.732. The lowest BCUT2D eigenvalue weighted by Gasteiger charge is -1.89. The third-order valence-corrected chi connectivity index (χ3v) is 2.04. The van der Waals surface area contributed by atoms with Crippen molar-refractivity contribution in [1.29, 1.82) is 0 Å². The van der Waals surface area contributed by atoms with Crippen LogP contribution in [0.2, 0.25) is 0 Å². The summed E-state index contributed by atoms with van der Waals surface area (Å²) in [4.78, 5) is 1.44. The third-order valence-electron chi connectivity index (χ3n) is 1.30. The normalized spacial score (nSPS) is 10.1. The summed E-state index contributed by atoms with van der Waals surface area (Å²) in [6.45, 7) is 0. The standard InChI is InChI=1S/C6H6N4OS/c1-11-6-4-5(9-12-6)10-7-2-3-8-10/h2-4H,1H3. The van der Waals surface area contributed by atoms with Gasteiger partial charge in [-0.2, -0.15) is 14.6 Å². The summed E-state index contributed by atoms with van der Waals surface area (Å²) in [5, 5.41) is 8.61. The van der Waals surface area contributed by atoms with Gasteiger partial charge in [-0.25, -0.2) is 0 Å². The Morgan fingerprint density at radius 2 is 2.17 bits per heavy atom. The van der Waals surface area contributed by atoms with E-state index in [9.17, 15) is 0 Å². The van der Waals surface area contributed by atoms with Crippen LogP contribution in [0.5, 0.6) is 5.06 Å². The smallest absolute Gasteiger partial charge is 0.195 e. The number of hydrogen-bond donors (Lipinski definition) is 0. The van der Waals surface area contributed by atoms with Gasteiger partial charge in [0.1, 0.15) is 0 Å². The van der Waals surface area contributed by atoms with E-state index in [2.05, 4.69) is 14.6 Å². The zero-order valence-corrected chi connectivity index (χ0v) is 7.15. The van der Waals surface area contributed by atoms with Gasteiger partial charge >= 0.3 is 0 Å². The van der Waals surface area contributed by atoms with E-state index in [1.165, 1.54) is 16.3 Å². The van der Waals surface area contributed by atoms with Crippen LogP contribution in [-0.4, -0.2) is 26.5 Å². The number of rotatable bonds is 2. The number of nitrogens with zero attached hydrogens (tertiary/aromatic N) is 4. The lowest BCUT2D eigenvalue weighted by Crippen LogP contribution is -1.97. The molecule has 0 aliphatic carbocycles. The highest BCUT2D eigenvalue weighted by Gasteiger charge is 2.03. The van der Waals surface area contributed by atoms with Crippen LogP contribution in [0.3, 0.4) is 0 Å². The first-order valence-electron chi connectivity index (χ1n) is 3.27. The number of hydrogen-bond acceptors (Lipinski definition) is 5. The highest BCUT2D eigenvalue weighted by molar-refractivity contribution is 7.07. The van der Waals surface area contributed by atoms with Gasteiger partial charge in [0.25, 0.3) is 0 Å². The van der Waals surface area contributed by atoms with Crippen molar-refractivity contribution in [1.82, 2.24) is 19.4 Å². The molecular weight excluding hydrogens is 176 g/mol. The lowest BCUT2D eigenvalue weighted by molar-refractivity contribution is 0.427. The Labute approximate surface area is 72.8 Å². The number of ether oxygens (including phenoxy) is 1. The Kier molecular flexibility index (Phi) is 1.75. The Bertz CT molecular complexity index is 355. The van der Waals surface area contributed by atoms with Gasteiger partial charge in [-0.15, -0.1) is 4.80 Å². The largest absolute Gasteiger partial charge is 0.486 e. The summed E-state index contributed by atoms with van der Waals surface area (Å²) in [7, 11) is 1.60. The van der Waals surface area contributed by atoms with E-state index >= 15 is 0 Å². The minimum Gasteiger partial charge on any atom is -0.486 e. The molecule has 0 bridgehead atoms. The summed E-state index contributed by atoms with van der Waals surface area (Å²) in [6.07, 6.45) is 3.21. The molecule has 0 radical (unpaired) electrons. The van der Waals surface area contributed by atoms with Crippen LogP contribution >= 0.6 is 11.5 Å². The van der Waals surface area contributed by atoms with Crippen molar-refractivity contribution in [3.8, 4) is 10.9 Å². The van der Waals surface area contributed by atoms with Crippen LogP contribution in [0.4, 0.5) is 0 Å². The molecule has 0 unspecified atom stereocenters.